The fraction of sp³-hybridized carbons (Fsp3) is 0.533. The average molecular weight is 352 g/mol. The van der Waals surface area contributed by atoms with Crippen molar-refractivity contribution in [2.24, 2.45) is 0 Å². The molecule has 0 bridgehead atoms. The van der Waals surface area contributed by atoms with Gasteiger partial charge < -0.3 is 15.0 Å². The van der Waals surface area contributed by atoms with E-state index in [-0.39, 0.29) is 17.9 Å². The number of piperazine rings is 1. The van der Waals surface area contributed by atoms with Gasteiger partial charge in [0.25, 0.3) is 0 Å². The van der Waals surface area contributed by atoms with Gasteiger partial charge in [-0.05, 0) is 6.42 Å². The van der Waals surface area contributed by atoms with Crippen LogP contribution in [-0.2, 0) is 4.74 Å². The maximum absolute atomic E-state index is 12.1. The SMILES string of the molecule is CCCCOC(=O)c1cc([N+](=O)[O-])c(N2CCNCC2)c([N+](=O)[O-])c1. The molecule has 0 amide bonds. The number of unbranched alkanes of at least 4 members (excludes halogenated alkanes) is 1. The Labute approximate surface area is 144 Å². The molecule has 2 rings (SSSR count). The van der Waals surface area contributed by atoms with Crippen LogP contribution in [0.25, 0.3) is 0 Å². The summed E-state index contributed by atoms with van der Waals surface area (Å²) in [7, 11) is 0. The monoisotopic (exact) mass is 352 g/mol. The fourth-order valence-corrected chi connectivity index (χ4v) is 2.61. The van der Waals surface area contributed by atoms with E-state index >= 15 is 0 Å². The number of anilines is 1. The Morgan fingerprint density at radius 2 is 1.76 bits per heavy atom. The van der Waals surface area contributed by atoms with E-state index in [0.717, 1.165) is 18.6 Å². The molecule has 0 saturated carbocycles. The number of hydrogen-bond donors (Lipinski definition) is 1. The molecule has 10 heteroatoms. The van der Waals surface area contributed by atoms with Crippen LogP contribution in [0, 0.1) is 20.2 Å². The molecule has 0 spiro atoms. The van der Waals surface area contributed by atoms with Gasteiger partial charge in [-0.2, -0.15) is 0 Å². The second kappa shape index (κ2) is 8.38. The third kappa shape index (κ3) is 4.41. The standard InChI is InChI=1S/C15H20N4O6/c1-2-3-8-25-15(20)11-9-12(18(21)22)14(13(10-11)19(23)24)17-6-4-16-5-7-17/h9-10,16H,2-8H2,1H3. The van der Waals surface area contributed by atoms with Crippen LogP contribution in [0.2, 0.25) is 0 Å². The molecule has 1 aromatic rings. The van der Waals surface area contributed by atoms with Crippen LogP contribution >= 0.6 is 0 Å². The van der Waals surface area contributed by atoms with Crippen molar-refractivity contribution >= 4 is 23.0 Å². The molecular weight excluding hydrogens is 332 g/mol. The van der Waals surface area contributed by atoms with E-state index in [1.165, 1.54) is 0 Å². The summed E-state index contributed by atoms with van der Waals surface area (Å²) in [6.07, 6.45) is 1.46. The highest BCUT2D eigenvalue weighted by Gasteiger charge is 2.33. The maximum atomic E-state index is 12.1. The number of esters is 1. The molecule has 1 aliphatic rings. The van der Waals surface area contributed by atoms with E-state index < -0.39 is 27.2 Å². The number of carbonyl (C=O) groups is 1. The van der Waals surface area contributed by atoms with E-state index in [9.17, 15) is 25.0 Å². The van der Waals surface area contributed by atoms with Crippen molar-refractivity contribution in [1.82, 2.24) is 5.32 Å². The first-order chi connectivity index (χ1) is 12.0. The van der Waals surface area contributed by atoms with Gasteiger partial charge in [-0.15, -0.1) is 0 Å². The van der Waals surface area contributed by atoms with E-state index in [2.05, 4.69) is 5.32 Å². The molecule has 1 aromatic carbocycles. The third-order valence-electron chi connectivity index (χ3n) is 3.86. The number of hydrogen-bond acceptors (Lipinski definition) is 8. The summed E-state index contributed by atoms with van der Waals surface area (Å²) in [6, 6.07) is 2.11. The summed E-state index contributed by atoms with van der Waals surface area (Å²) in [6.45, 7) is 4.02. The quantitative estimate of drug-likeness (QED) is 0.341. The molecule has 25 heavy (non-hydrogen) atoms. The molecule has 1 aliphatic heterocycles. The minimum atomic E-state index is -0.800. The summed E-state index contributed by atoms with van der Waals surface area (Å²) in [4.78, 5) is 35.2. The summed E-state index contributed by atoms with van der Waals surface area (Å²) in [5.41, 5.74) is -1.17. The normalized spacial score (nSPS) is 14.2. The Morgan fingerprint density at radius 3 is 2.24 bits per heavy atom. The number of rotatable bonds is 7. The molecule has 0 aromatic heterocycles. The first-order valence-electron chi connectivity index (χ1n) is 8.05. The predicted octanol–water partition coefficient (Wildman–Crippen LogP) is 1.87. The molecule has 10 nitrogen and oxygen atoms in total. The lowest BCUT2D eigenvalue weighted by Gasteiger charge is -2.28. The summed E-state index contributed by atoms with van der Waals surface area (Å²) in [5, 5.41) is 26.0. The molecule has 1 fully saturated rings. The zero-order valence-corrected chi connectivity index (χ0v) is 13.9. The van der Waals surface area contributed by atoms with Crippen molar-refractivity contribution < 1.29 is 19.4 Å². The fourth-order valence-electron chi connectivity index (χ4n) is 2.61. The number of nitro groups is 2. The lowest BCUT2D eigenvalue weighted by atomic mass is 10.1. The van der Waals surface area contributed by atoms with Crippen molar-refractivity contribution in [1.29, 1.82) is 0 Å². The van der Waals surface area contributed by atoms with Gasteiger partial charge in [0.1, 0.15) is 0 Å². The van der Waals surface area contributed by atoms with Gasteiger partial charge in [0, 0.05) is 38.3 Å². The first-order valence-corrected chi connectivity index (χ1v) is 8.05. The van der Waals surface area contributed by atoms with E-state index in [1.54, 1.807) is 4.90 Å². The largest absolute Gasteiger partial charge is 0.462 e. The number of nitrogens with one attached hydrogen (secondary N) is 1. The minimum absolute atomic E-state index is 0.0680. The number of benzene rings is 1. The van der Waals surface area contributed by atoms with Crippen LogP contribution in [0.4, 0.5) is 17.1 Å². The first kappa shape index (κ1) is 18.6. The molecule has 0 atom stereocenters. The zero-order chi connectivity index (χ0) is 18.4. The second-order valence-corrected chi connectivity index (χ2v) is 5.60. The van der Waals surface area contributed by atoms with Crippen LogP contribution in [0.5, 0.6) is 0 Å². The average Bonchev–Trinajstić information content (AvgIpc) is 2.61. The number of nitro benzene ring substituents is 2. The molecule has 1 heterocycles. The van der Waals surface area contributed by atoms with Gasteiger partial charge in [-0.1, -0.05) is 13.3 Å². The van der Waals surface area contributed by atoms with Gasteiger partial charge in [0.15, 0.2) is 5.69 Å². The third-order valence-corrected chi connectivity index (χ3v) is 3.86. The Hall–Kier alpha value is -2.75. The Morgan fingerprint density at radius 1 is 1.20 bits per heavy atom. The smallest absolute Gasteiger partial charge is 0.338 e. The van der Waals surface area contributed by atoms with E-state index in [4.69, 9.17) is 4.74 Å². The predicted molar refractivity (Wildman–Crippen MR) is 90.0 cm³/mol. The van der Waals surface area contributed by atoms with Crippen LogP contribution < -0.4 is 10.2 Å². The topological polar surface area (TPSA) is 128 Å². The Bertz CT molecular complexity index is 637. The number of carbonyl (C=O) groups excluding carboxylic acids is 1. The number of nitrogens with zero attached hydrogens (tertiary/aromatic N) is 3. The molecule has 136 valence electrons. The molecule has 0 unspecified atom stereocenters. The van der Waals surface area contributed by atoms with Crippen molar-refractivity contribution in [3.63, 3.8) is 0 Å². The van der Waals surface area contributed by atoms with Gasteiger partial charge in [-0.3, -0.25) is 20.2 Å². The zero-order valence-electron chi connectivity index (χ0n) is 13.9. The van der Waals surface area contributed by atoms with E-state index in [1.807, 2.05) is 6.92 Å². The summed E-state index contributed by atoms with van der Waals surface area (Å²) < 4.78 is 5.02. The Kier molecular flexibility index (Phi) is 6.23. The van der Waals surface area contributed by atoms with Crippen molar-refractivity contribution in [3.8, 4) is 0 Å². The molecule has 1 saturated heterocycles. The van der Waals surface area contributed by atoms with E-state index in [0.29, 0.717) is 32.6 Å². The summed E-state index contributed by atoms with van der Waals surface area (Å²) in [5.74, 6) is -0.800. The second-order valence-electron chi connectivity index (χ2n) is 5.60. The minimum Gasteiger partial charge on any atom is -0.462 e. The van der Waals surface area contributed by atoms with Crippen molar-refractivity contribution in [3.05, 3.63) is 37.9 Å². The lowest BCUT2D eigenvalue weighted by molar-refractivity contribution is -0.392. The maximum Gasteiger partial charge on any atom is 0.338 e. The Balaban J connectivity index is 2.46. The van der Waals surface area contributed by atoms with Crippen LogP contribution in [0.3, 0.4) is 0 Å². The highest BCUT2D eigenvalue weighted by Crippen LogP contribution is 2.39. The molecule has 1 N–H and O–H groups in total. The number of ether oxygens (including phenoxy) is 1. The summed E-state index contributed by atoms with van der Waals surface area (Å²) >= 11 is 0. The highest BCUT2D eigenvalue weighted by atomic mass is 16.6. The van der Waals surface area contributed by atoms with Gasteiger partial charge in [0.2, 0.25) is 0 Å². The molecule has 0 radical (unpaired) electrons. The van der Waals surface area contributed by atoms with Crippen LogP contribution in [0.1, 0.15) is 30.1 Å². The van der Waals surface area contributed by atoms with Gasteiger partial charge in [-0.25, -0.2) is 4.79 Å². The van der Waals surface area contributed by atoms with Gasteiger partial charge in [0.05, 0.1) is 22.0 Å². The van der Waals surface area contributed by atoms with Crippen LogP contribution in [0.15, 0.2) is 12.1 Å². The molecule has 0 aliphatic carbocycles. The van der Waals surface area contributed by atoms with Gasteiger partial charge >= 0.3 is 17.3 Å². The van der Waals surface area contributed by atoms with Crippen LogP contribution in [-0.4, -0.2) is 48.6 Å². The van der Waals surface area contributed by atoms with Crippen molar-refractivity contribution in [2.45, 2.75) is 19.8 Å². The lowest BCUT2D eigenvalue weighted by Crippen LogP contribution is -2.44. The van der Waals surface area contributed by atoms with Crippen molar-refractivity contribution in [2.75, 3.05) is 37.7 Å². The highest BCUT2D eigenvalue weighted by molar-refractivity contribution is 5.94. The molecular formula is C15H20N4O6.